The zero-order valence-corrected chi connectivity index (χ0v) is 12.6. The van der Waals surface area contributed by atoms with Crippen LogP contribution in [0.25, 0.3) is 11.0 Å². The van der Waals surface area contributed by atoms with Crippen LogP contribution in [0.4, 0.5) is 0 Å². The van der Waals surface area contributed by atoms with Crippen LogP contribution in [0.3, 0.4) is 0 Å². The van der Waals surface area contributed by atoms with Gasteiger partial charge in [0, 0.05) is 18.8 Å². The maximum atomic E-state index is 12.1. The Morgan fingerprint density at radius 3 is 2.50 bits per heavy atom. The number of rotatable bonds is 5. The van der Waals surface area contributed by atoms with Crippen molar-refractivity contribution in [2.45, 2.75) is 12.5 Å². The summed E-state index contributed by atoms with van der Waals surface area (Å²) >= 11 is 0. The fraction of sp³-hybridized carbons (Fsp3) is 0.118. The monoisotopic (exact) mass is 322 g/mol. The molecule has 120 valence electrons. The molecule has 2 aromatic heterocycles. The highest BCUT2D eigenvalue weighted by Gasteiger charge is 2.22. The largest absolute Gasteiger partial charge is 0.480 e. The lowest BCUT2D eigenvalue weighted by Crippen LogP contribution is -2.42. The van der Waals surface area contributed by atoms with E-state index in [4.69, 9.17) is 0 Å². The van der Waals surface area contributed by atoms with Crippen LogP contribution in [-0.4, -0.2) is 38.0 Å². The molecule has 0 fully saturated rings. The van der Waals surface area contributed by atoms with Gasteiger partial charge in [-0.15, -0.1) is 0 Å². The number of aliphatic carboxylic acids is 1. The number of carboxylic acids is 1. The molecule has 0 aliphatic heterocycles. The summed E-state index contributed by atoms with van der Waals surface area (Å²) in [6.45, 7) is 0. The van der Waals surface area contributed by atoms with Crippen molar-refractivity contribution in [2.75, 3.05) is 0 Å². The number of fused-ring (bicyclic) bond motifs is 1. The van der Waals surface area contributed by atoms with E-state index in [0.717, 1.165) is 5.52 Å². The SMILES string of the molecule is O=C(N[C@@H](Cc1cnc2ccccc2n1)C(=O)O)c1ccccn1. The van der Waals surface area contributed by atoms with Crippen LogP contribution < -0.4 is 5.32 Å². The van der Waals surface area contributed by atoms with Gasteiger partial charge in [0.25, 0.3) is 5.91 Å². The van der Waals surface area contributed by atoms with Crippen molar-refractivity contribution >= 4 is 22.9 Å². The van der Waals surface area contributed by atoms with E-state index in [1.54, 1.807) is 18.2 Å². The molecule has 0 aliphatic carbocycles. The lowest BCUT2D eigenvalue weighted by molar-refractivity contribution is -0.139. The molecule has 7 nitrogen and oxygen atoms in total. The minimum Gasteiger partial charge on any atom is -0.480 e. The van der Waals surface area contributed by atoms with Crippen LogP contribution >= 0.6 is 0 Å². The van der Waals surface area contributed by atoms with Crippen molar-refractivity contribution in [3.05, 3.63) is 66.2 Å². The minimum atomic E-state index is -1.14. The molecule has 0 aliphatic rings. The minimum absolute atomic E-state index is 0.0335. The molecule has 24 heavy (non-hydrogen) atoms. The lowest BCUT2D eigenvalue weighted by Gasteiger charge is -2.14. The van der Waals surface area contributed by atoms with Gasteiger partial charge >= 0.3 is 5.97 Å². The second kappa shape index (κ2) is 6.82. The molecule has 3 rings (SSSR count). The third kappa shape index (κ3) is 3.52. The first-order valence-corrected chi connectivity index (χ1v) is 7.29. The van der Waals surface area contributed by atoms with Crippen LogP contribution in [0, 0.1) is 0 Å². The highest BCUT2D eigenvalue weighted by Crippen LogP contribution is 2.10. The second-order valence-electron chi connectivity index (χ2n) is 5.13. The standard InChI is InChI=1S/C17H14N4O3/c22-16(14-7-3-4-8-18-14)21-15(17(23)24)9-11-10-19-12-5-1-2-6-13(12)20-11/h1-8,10,15H,9H2,(H,21,22)(H,23,24)/t15-/m0/s1. The molecular weight excluding hydrogens is 308 g/mol. The van der Waals surface area contributed by atoms with E-state index in [2.05, 4.69) is 20.3 Å². The molecule has 1 atom stereocenters. The molecule has 0 saturated carbocycles. The van der Waals surface area contributed by atoms with E-state index in [0.29, 0.717) is 11.2 Å². The molecule has 1 aromatic carbocycles. The molecule has 2 heterocycles. The first kappa shape index (κ1) is 15.5. The molecular formula is C17H14N4O3. The summed E-state index contributed by atoms with van der Waals surface area (Å²) in [5.74, 6) is -1.69. The Kier molecular flexibility index (Phi) is 4.42. The Hall–Kier alpha value is -3.35. The average molecular weight is 322 g/mol. The zero-order valence-electron chi connectivity index (χ0n) is 12.6. The number of hydrogen-bond acceptors (Lipinski definition) is 5. The topological polar surface area (TPSA) is 105 Å². The molecule has 0 spiro atoms. The molecule has 2 N–H and O–H groups in total. The first-order valence-electron chi connectivity index (χ1n) is 7.29. The Morgan fingerprint density at radius 2 is 1.79 bits per heavy atom. The summed E-state index contributed by atoms with van der Waals surface area (Å²) in [7, 11) is 0. The van der Waals surface area contributed by atoms with Crippen molar-refractivity contribution < 1.29 is 14.7 Å². The quantitative estimate of drug-likeness (QED) is 0.736. The van der Waals surface area contributed by atoms with Crippen LogP contribution in [-0.2, 0) is 11.2 Å². The Morgan fingerprint density at radius 1 is 1.04 bits per heavy atom. The van der Waals surface area contributed by atoms with Crippen molar-refractivity contribution in [1.29, 1.82) is 0 Å². The van der Waals surface area contributed by atoms with Crippen molar-refractivity contribution in [2.24, 2.45) is 0 Å². The summed E-state index contributed by atoms with van der Waals surface area (Å²) in [5.41, 5.74) is 2.05. The third-order valence-electron chi connectivity index (χ3n) is 3.41. The Bertz CT molecular complexity index is 883. The third-order valence-corrected chi connectivity index (χ3v) is 3.41. The smallest absolute Gasteiger partial charge is 0.326 e. The number of hydrogen-bond donors (Lipinski definition) is 2. The van der Waals surface area contributed by atoms with Crippen molar-refractivity contribution in [3.63, 3.8) is 0 Å². The highest BCUT2D eigenvalue weighted by molar-refractivity contribution is 5.94. The normalized spacial score (nSPS) is 11.8. The fourth-order valence-corrected chi connectivity index (χ4v) is 2.23. The number of carbonyl (C=O) groups excluding carboxylic acids is 1. The van der Waals surface area contributed by atoms with E-state index < -0.39 is 17.9 Å². The maximum absolute atomic E-state index is 12.1. The van der Waals surface area contributed by atoms with E-state index >= 15 is 0 Å². The van der Waals surface area contributed by atoms with E-state index in [9.17, 15) is 14.7 Å². The van der Waals surface area contributed by atoms with E-state index in [1.807, 2.05) is 18.2 Å². The maximum Gasteiger partial charge on any atom is 0.326 e. The molecule has 7 heteroatoms. The van der Waals surface area contributed by atoms with Crippen molar-refractivity contribution in [3.8, 4) is 0 Å². The summed E-state index contributed by atoms with van der Waals surface area (Å²) in [5, 5.41) is 11.8. The first-order chi connectivity index (χ1) is 11.6. The fourth-order valence-electron chi connectivity index (χ4n) is 2.23. The predicted octanol–water partition coefficient (Wildman–Crippen LogP) is 1.45. The van der Waals surface area contributed by atoms with Gasteiger partial charge in [0.1, 0.15) is 11.7 Å². The summed E-state index contributed by atoms with van der Waals surface area (Å²) in [4.78, 5) is 36.1. The van der Waals surface area contributed by atoms with E-state index in [1.165, 1.54) is 18.5 Å². The number of carboxylic acid groups (broad SMARTS) is 1. The van der Waals surface area contributed by atoms with Crippen LogP contribution in [0.15, 0.2) is 54.9 Å². The van der Waals surface area contributed by atoms with Gasteiger partial charge in [-0.25, -0.2) is 9.78 Å². The van der Waals surface area contributed by atoms with Crippen molar-refractivity contribution in [1.82, 2.24) is 20.3 Å². The van der Waals surface area contributed by atoms with Gasteiger partial charge in [-0.05, 0) is 24.3 Å². The van der Waals surface area contributed by atoms with Crippen LogP contribution in [0.2, 0.25) is 0 Å². The number of benzene rings is 1. The predicted molar refractivity (Wildman–Crippen MR) is 86.4 cm³/mol. The van der Waals surface area contributed by atoms with Crippen LogP contribution in [0.1, 0.15) is 16.2 Å². The molecule has 1 amide bonds. The number of para-hydroxylation sites is 2. The summed E-state index contributed by atoms with van der Waals surface area (Å²) in [6.07, 6.45) is 3.02. The van der Waals surface area contributed by atoms with E-state index in [-0.39, 0.29) is 12.1 Å². The van der Waals surface area contributed by atoms with Gasteiger partial charge in [-0.3, -0.25) is 14.8 Å². The van der Waals surface area contributed by atoms with Gasteiger partial charge in [0.05, 0.1) is 16.7 Å². The molecule has 0 unspecified atom stereocenters. The second-order valence-corrected chi connectivity index (χ2v) is 5.13. The number of pyridine rings is 1. The molecule has 0 bridgehead atoms. The molecule has 0 radical (unpaired) electrons. The van der Waals surface area contributed by atoms with Gasteiger partial charge in [-0.1, -0.05) is 18.2 Å². The summed E-state index contributed by atoms with van der Waals surface area (Å²) in [6, 6.07) is 11.0. The lowest BCUT2D eigenvalue weighted by atomic mass is 10.1. The Labute approximate surface area is 137 Å². The number of nitrogens with zero attached hydrogens (tertiary/aromatic N) is 3. The number of nitrogens with one attached hydrogen (secondary N) is 1. The van der Waals surface area contributed by atoms with Gasteiger partial charge < -0.3 is 10.4 Å². The van der Waals surface area contributed by atoms with Gasteiger partial charge in [-0.2, -0.15) is 0 Å². The number of aromatic nitrogens is 3. The average Bonchev–Trinajstić information content (AvgIpc) is 2.61. The zero-order chi connectivity index (χ0) is 16.9. The van der Waals surface area contributed by atoms with Gasteiger partial charge in [0.15, 0.2) is 0 Å². The van der Waals surface area contributed by atoms with Crippen LogP contribution in [0.5, 0.6) is 0 Å². The summed E-state index contributed by atoms with van der Waals surface area (Å²) < 4.78 is 0. The highest BCUT2D eigenvalue weighted by atomic mass is 16.4. The van der Waals surface area contributed by atoms with Gasteiger partial charge in [0.2, 0.25) is 0 Å². The Balaban J connectivity index is 1.78. The molecule has 0 saturated heterocycles. The molecule has 3 aromatic rings. The number of amides is 1. The number of carbonyl (C=O) groups is 2.